The fourth-order valence-electron chi connectivity index (χ4n) is 2.31. The van der Waals surface area contributed by atoms with Crippen LogP contribution >= 0.6 is 7.60 Å². The Morgan fingerprint density at radius 3 is 2.23 bits per heavy atom. The summed E-state index contributed by atoms with van der Waals surface area (Å²) in [5.41, 5.74) is 0. The summed E-state index contributed by atoms with van der Waals surface area (Å²) in [4.78, 5) is 12.1. The van der Waals surface area contributed by atoms with Gasteiger partial charge < -0.3 is 23.8 Å². The van der Waals surface area contributed by atoms with Crippen LogP contribution in [0.1, 0.15) is 33.6 Å². The molecule has 0 aromatic carbocycles. The van der Waals surface area contributed by atoms with Gasteiger partial charge in [-0.25, -0.2) is 4.79 Å². The van der Waals surface area contributed by atoms with Crippen molar-refractivity contribution < 1.29 is 27.9 Å². The lowest BCUT2D eigenvalue weighted by molar-refractivity contribution is -0.153. The SMILES string of the molecule is CCOC(=O)C(OCC1CCNCC1)P(=O)(OCC)OCC. The van der Waals surface area contributed by atoms with Crippen LogP contribution in [0.15, 0.2) is 0 Å². The number of nitrogens with one attached hydrogen (secondary N) is 1. The molecule has 0 amide bonds. The first-order valence-electron chi connectivity index (χ1n) is 7.95. The van der Waals surface area contributed by atoms with Crippen LogP contribution in [0.2, 0.25) is 0 Å². The van der Waals surface area contributed by atoms with Crippen molar-refractivity contribution in [2.24, 2.45) is 5.92 Å². The summed E-state index contributed by atoms with van der Waals surface area (Å²) in [6.45, 7) is 7.79. The lowest BCUT2D eigenvalue weighted by Gasteiger charge is -2.28. The molecule has 0 aromatic heterocycles. The van der Waals surface area contributed by atoms with Crippen LogP contribution in [-0.4, -0.2) is 51.3 Å². The molecule has 1 rings (SSSR count). The molecule has 1 heterocycles. The minimum atomic E-state index is -3.70. The molecule has 1 fully saturated rings. The summed E-state index contributed by atoms with van der Waals surface area (Å²) >= 11 is 0. The molecular formula is C14H28NO6P. The molecule has 1 saturated heterocycles. The topological polar surface area (TPSA) is 83.1 Å². The van der Waals surface area contributed by atoms with Crippen LogP contribution in [0.5, 0.6) is 0 Å². The molecule has 0 aromatic rings. The highest BCUT2D eigenvalue weighted by molar-refractivity contribution is 7.55. The summed E-state index contributed by atoms with van der Waals surface area (Å²) in [5, 5.41) is 3.26. The molecule has 1 N–H and O–H groups in total. The Balaban J connectivity index is 2.76. The number of piperidine rings is 1. The van der Waals surface area contributed by atoms with Crippen LogP contribution in [-0.2, 0) is 27.9 Å². The highest BCUT2D eigenvalue weighted by atomic mass is 31.2. The molecule has 0 saturated carbocycles. The third-order valence-corrected chi connectivity index (χ3v) is 5.51. The summed E-state index contributed by atoms with van der Waals surface area (Å²) in [6.07, 6.45) is 1.92. The van der Waals surface area contributed by atoms with E-state index in [9.17, 15) is 9.36 Å². The zero-order valence-corrected chi connectivity index (χ0v) is 14.6. The molecule has 8 heteroatoms. The normalized spacial score (nSPS) is 18.1. The average Bonchev–Trinajstić information content (AvgIpc) is 2.49. The molecule has 130 valence electrons. The molecule has 7 nitrogen and oxygen atoms in total. The Kier molecular flexibility index (Phi) is 9.21. The minimum absolute atomic E-state index is 0.171. The van der Waals surface area contributed by atoms with E-state index in [2.05, 4.69) is 5.32 Å². The van der Waals surface area contributed by atoms with Crippen LogP contribution in [0.4, 0.5) is 0 Å². The fraction of sp³-hybridized carbons (Fsp3) is 0.929. The molecule has 0 aliphatic carbocycles. The number of hydrogen-bond donors (Lipinski definition) is 1. The van der Waals surface area contributed by atoms with Gasteiger partial charge >= 0.3 is 13.6 Å². The molecule has 1 aliphatic rings. The average molecular weight is 337 g/mol. The number of ether oxygens (including phenoxy) is 2. The van der Waals surface area contributed by atoms with Crippen molar-refractivity contribution in [3.05, 3.63) is 0 Å². The van der Waals surface area contributed by atoms with Gasteiger partial charge in [-0.3, -0.25) is 4.57 Å². The molecule has 1 atom stereocenters. The Hall–Kier alpha value is -0.460. The highest BCUT2D eigenvalue weighted by Crippen LogP contribution is 2.54. The van der Waals surface area contributed by atoms with Gasteiger partial charge in [0, 0.05) is 0 Å². The maximum absolute atomic E-state index is 12.8. The smallest absolute Gasteiger partial charge is 0.370 e. The second-order valence-electron chi connectivity index (χ2n) is 5.01. The largest absolute Gasteiger partial charge is 0.464 e. The predicted molar refractivity (Wildman–Crippen MR) is 82.8 cm³/mol. The fourth-order valence-corrected chi connectivity index (χ4v) is 3.98. The minimum Gasteiger partial charge on any atom is -0.464 e. The van der Waals surface area contributed by atoms with E-state index < -0.39 is 19.4 Å². The summed E-state index contributed by atoms with van der Waals surface area (Å²) in [6, 6.07) is 0. The molecule has 0 spiro atoms. The van der Waals surface area contributed by atoms with E-state index in [1.54, 1.807) is 20.8 Å². The van der Waals surface area contributed by atoms with E-state index in [4.69, 9.17) is 18.5 Å². The van der Waals surface area contributed by atoms with Crippen molar-refractivity contribution >= 4 is 13.6 Å². The first kappa shape index (κ1) is 19.6. The molecule has 22 heavy (non-hydrogen) atoms. The van der Waals surface area contributed by atoms with Crippen molar-refractivity contribution in [3.8, 4) is 0 Å². The summed E-state index contributed by atoms with van der Waals surface area (Å²) in [7, 11) is -3.70. The first-order chi connectivity index (χ1) is 10.6. The van der Waals surface area contributed by atoms with Crippen molar-refractivity contribution in [2.75, 3.05) is 39.5 Å². The molecule has 1 unspecified atom stereocenters. The number of carbonyl (C=O) groups excluding carboxylic acids is 1. The van der Waals surface area contributed by atoms with Crippen molar-refractivity contribution in [3.63, 3.8) is 0 Å². The number of esters is 1. The Bertz CT molecular complexity index is 362. The van der Waals surface area contributed by atoms with E-state index in [0.29, 0.717) is 12.5 Å². The van der Waals surface area contributed by atoms with Crippen LogP contribution in [0, 0.1) is 5.92 Å². The first-order valence-corrected chi connectivity index (χ1v) is 9.56. The zero-order valence-electron chi connectivity index (χ0n) is 13.7. The van der Waals surface area contributed by atoms with E-state index in [1.807, 2.05) is 0 Å². The standard InChI is InChI=1S/C14H28NO6P/c1-4-18-13(16)14(22(17,20-5-2)21-6-3)19-11-12-7-9-15-10-8-12/h12,14-15H,4-11H2,1-3H3. The van der Waals surface area contributed by atoms with Crippen molar-refractivity contribution in [2.45, 2.75) is 39.5 Å². The summed E-state index contributed by atoms with van der Waals surface area (Å²) in [5.74, 6) is -1.68. The van der Waals surface area contributed by atoms with Gasteiger partial charge in [-0.1, -0.05) is 0 Å². The van der Waals surface area contributed by atoms with Gasteiger partial charge in [0.15, 0.2) is 0 Å². The third-order valence-electron chi connectivity index (χ3n) is 3.34. The van der Waals surface area contributed by atoms with Gasteiger partial charge in [0.25, 0.3) is 5.85 Å². The third kappa shape index (κ3) is 5.97. The quantitative estimate of drug-likeness (QED) is 0.483. The molecule has 0 bridgehead atoms. The van der Waals surface area contributed by atoms with Gasteiger partial charge in [0.1, 0.15) is 0 Å². The van der Waals surface area contributed by atoms with E-state index in [1.165, 1.54) is 0 Å². The Morgan fingerprint density at radius 2 is 1.73 bits per heavy atom. The van der Waals surface area contributed by atoms with E-state index in [0.717, 1.165) is 25.9 Å². The van der Waals surface area contributed by atoms with Crippen LogP contribution in [0.25, 0.3) is 0 Å². The van der Waals surface area contributed by atoms with E-state index in [-0.39, 0.29) is 19.8 Å². The molecular weight excluding hydrogens is 309 g/mol. The van der Waals surface area contributed by atoms with Crippen LogP contribution < -0.4 is 5.32 Å². The van der Waals surface area contributed by atoms with Crippen molar-refractivity contribution in [1.29, 1.82) is 0 Å². The monoisotopic (exact) mass is 337 g/mol. The second kappa shape index (κ2) is 10.3. The lowest BCUT2D eigenvalue weighted by Crippen LogP contribution is -2.34. The maximum atomic E-state index is 12.8. The second-order valence-corrected chi connectivity index (χ2v) is 7.07. The van der Waals surface area contributed by atoms with Gasteiger partial charge in [0.05, 0.1) is 26.4 Å². The number of hydrogen-bond acceptors (Lipinski definition) is 7. The number of carbonyl (C=O) groups is 1. The molecule has 0 radical (unpaired) electrons. The Labute approximate surface area is 132 Å². The lowest BCUT2D eigenvalue weighted by atomic mass is 9.99. The van der Waals surface area contributed by atoms with Gasteiger partial charge in [-0.2, -0.15) is 0 Å². The predicted octanol–water partition coefficient (Wildman–Crippen LogP) is 2.16. The van der Waals surface area contributed by atoms with Gasteiger partial charge in [-0.15, -0.1) is 0 Å². The van der Waals surface area contributed by atoms with Crippen LogP contribution in [0.3, 0.4) is 0 Å². The Morgan fingerprint density at radius 1 is 1.14 bits per heavy atom. The number of rotatable bonds is 10. The van der Waals surface area contributed by atoms with Gasteiger partial charge in [-0.05, 0) is 52.6 Å². The zero-order chi connectivity index (χ0) is 16.4. The maximum Gasteiger partial charge on any atom is 0.370 e. The highest BCUT2D eigenvalue weighted by Gasteiger charge is 2.44. The van der Waals surface area contributed by atoms with Crippen molar-refractivity contribution in [1.82, 2.24) is 5.32 Å². The van der Waals surface area contributed by atoms with Gasteiger partial charge in [0.2, 0.25) is 0 Å². The molecule has 1 aliphatic heterocycles. The van der Waals surface area contributed by atoms with E-state index >= 15 is 0 Å². The summed E-state index contributed by atoms with van der Waals surface area (Å²) < 4.78 is 33.9.